The normalized spacial score (nSPS) is 20.9. The molecule has 2 heterocycles. The van der Waals surface area contributed by atoms with Gasteiger partial charge in [-0.05, 0) is 60.1 Å². The Kier molecular flexibility index (Phi) is 3.40. The van der Waals surface area contributed by atoms with Crippen molar-refractivity contribution in [2.45, 2.75) is 25.5 Å². The van der Waals surface area contributed by atoms with E-state index in [1.54, 1.807) is 0 Å². The molecule has 0 bridgehead atoms. The summed E-state index contributed by atoms with van der Waals surface area (Å²) in [5, 5.41) is 5.80. The zero-order valence-electron chi connectivity index (χ0n) is 9.20. The Balaban J connectivity index is 2.10. The van der Waals surface area contributed by atoms with Crippen molar-refractivity contribution in [3.63, 3.8) is 0 Å². The second-order valence-corrected chi connectivity index (χ2v) is 6.16. The minimum absolute atomic E-state index is 0.107. The van der Waals surface area contributed by atoms with Crippen molar-refractivity contribution < 1.29 is 4.74 Å². The molecule has 2 aromatic rings. The molecule has 1 fully saturated rings. The van der Waals surface area contributed by atoms with E-state index in [4.69, 9.17) is 4.74 Å². The largest absolute Gasteiger partial charge is 0.356 e. The first-order chi connectivity index (χ1) is 8.25. The van der Waals surface area contributed by atoms with Gasteiger partial charge in [-0.15, -0.1) is 0 Å². The molecule has 1 aromatic heterocycles. The fraction of sp³-hybridized carbons (Fsp3) is 0.417. The molecule has 0 amide bonds. The summed E-state index contributed by atoms with van der Waals surface area (Å²) in [5.74, 6) is 0. The van der Waals surface area contributed by atoms with Crippen molar-refractivity contribution >= 4 is 49.4 Å². The van der Waals surface area contributed by atoms with Crippen molar-refractivity contribution in [2.75, 3.05) is 6.61 Å². The molecule has 3 nitrogen and oxygen atoms in total. The molecule has 1 aromatic carbocycles. The molecule has 17 heavy (non-hydrogen) atoms. The van der Waals surface area contributed by atoms with Crippen molar-refractivity contribution in [2.24, 2.45) is 0 Å². The minimum atomic E-state index is 0.107. The lowest BCUT2D eigenvalue weighted by molar-refractivity contribution is -0.0368. The highest BCUT2D eigenvalue weighted by atomic mass is 127. The Morgan fingerprint density at radius 1 is 1.41 bits per heavy atom. The highest BCUT2D eigenvalue weighted by Gasteiger charge is 2.20. The second-order valence-electron chi connectivity index (χ2n) is 4.22. The summed E-state index contributed by atoms with van der Waals surface area (Å²) in [6, 6.07) is 6.27. The molecule has 3 rings (SSSR count). The maximum atomic E-state index is 5.80. The molecule has 0 aliphatic carbocycles. The third-order valence-corrected chi connectivity index (χ3v) is 4.34. The fourth-order valence-corrected chi connectivity index (χ4v) is 3.24. The van der Waals surface area contributed by atoms with Gasteiger partial charge in [0, 0.05) is 16.5 Å². The predicted octanol–water partition coefficient (Wildman–Crippen LogP) is 4.10. The summed E-state index contributed by atoms with van der Waals surface area (Å²) in [6.45, 7) is 0.846. The maximum Gasteiger partial charge on any atom is 0.150 e. The molecule has 90 valence electrons. The van der Waals surface area contributed by atoms with Crippen LogP contribution in [0.3, 0.4) is 0 Å². The number of rotatable bonds is 1. The van der Waals surface area contributed by atoms with Crippen LogP contribution in [-0.2, 0) is 4.74 Å². The second kappa shape index (κ2) is 4.85. The number of hydrogen-bond donors (Lipinski definition) is 0. The van der Waals surface area contributed by atoms with Gasteiger partial charge in [-0.3, -0.25) is 0 Å². The third kappa shape index (κ3) is 2.24. The number of aromatic nitrogens is 2. The molecule has 1 unspecified atom stereocenters. The molecule has 5 heteroatoms. The van der Waals surface area contributed by atoms with Crippen molar-refractivity contribution in [1.29, 1.82) is 0 Å². The van der Waals surface area contributed by atoms with Gasteiger partial charge in [-0.2, -0.15) is 5.10 Å². The summed E-state index contributed by atoms with van der Waals surface area (Å²) in [4.78, 5) is 0. The molecule has 0 saturated carbocycles. The van der Waals surface area contributed by atoms with E-state index in [2.05, 4.69) is 61.8 Å². The summed E-state index contributed by atoms with van der Waals surface area (Å²) < 4.78 is 9.96. The topological polar surface area (TPSA) is 27.1 Å². The lowest BCUT2D eigenvalue weighted by atomic mass is 10.2. The Labute approximate surface area is 122 Å². The minimum Gasteiger partial charge on any atom is -0.356 e. The number of hydrogen-bond acceptors (Lipinski definition) is 2. The molecule has 1 atom stereocenters. The van der Waals surface area contributed by atoms with E-state index in [9.17, 15) is 0 Å². The van der Waals surface area contributed by atoms with Gasteiger partial charge < -0.3 is 4.74 Å². The Bertz CT molecular complexity index is 549. The van der Waals surface area contributed by atoms with Gasteiger partial charge in [0.25, 0.3) is 0 Å². The molecular weight excluding hydrogens is 395 g/mol. The van der Waals surface area contributed by atoms with Crippen molar-refractivity contribution in [3.05, 3.63) is 26.4 Å². The van der Waals surface area contributed by atoms with E-state index in [1.165, 1.54) is 18.2 Å². The average Bonchev–Trinajstić information content (AvgIpc) is 2.68. The first kappa shape index (κ1) is 11.9. The highest BCUT2D eigenvalue weighted by molar-refractivity contribution is 14.1. The van der Waals surface area contributed by atoms with Crippen LogP contribution in [0, 0.1) is 3.70 Å². The summed E-state index contributed by atoms with van der Waals surface area (Å²) in [5.41, 5.74) is 1.16. The van der Waals surface area contributed by atoms with Gasteiger partial charge in [0.05, 0.1) is 5.52 Å². The smallest absolute Gasteiger partial charge is 0.150 e. The van der Waals surface area contributed by atoms with Crippen LogP contribution in [0.1, 0.15) is 25.5 Å². The summed E-state index contributed by atoms with van der Waals surface area (Å²) >= 11 is 5.78. The van der Waals surface area contributed by atoms with Crippen LogP contribution in [0.15, 0.2) is 22.7 Å². The van der Waals surface area contributed by atoms with Gasteiger partial charge in [0.1, 0.15) is 3.70 Å². The molecule has 0 radical (unpaired) electrons. The molecular formula is C12H12BrIN2O. The van der Waals surface area contributed by atoms with Crippen LogP contribution in [-0.4, -0.2) is 16.4 Å². The molecule has 1 aliphatic heterocycles. The van der Waals surface area contributed by atoms with E-state index < -0.39 is 0 Å². The van der Waals surface area contributed by atoms with Crippen LogP contribution >= 0.6 is 38.5 Å². The summed E-state index contributed by atoms with van der Waals surface area (Å²) in [6.07, 6.45) is 3.55. The number of halogens is 2. The zero-order valence-corrected chi connectivity index (χ0v) is 12.9. The van der Waals surface area contributed by atoms with Gasteiger partial charge in [-0.1, -0.05) is 15.9 Å². The van der Waals surface area contributed by atoms with E-state index in [0.29, 0.717) is 0 Å². The lowest BCUT2D eigenvalue weighted by Gasteiger charge is -2.23. The molecule has 1 saturated heterocycles. The first-order valence-electron chi connectivity index (χ1n) is 5.70. The molecule has 0 N–H and O–H groups in total. The predicted molar refractivity (Wildman–Crippen MR) is 79.0 cm³/mol. The standard InChI is InChI=1S/C12H12BrIN2O/c13-8-4-5-10-9(7-8)12(14)15-16(10)11-3-1-2-6-17-11/h4-5,7,11H,1-3,6H2. The maximum absolute atomic E-state index is 5.80. The van der Waals surface area contributed by atoms with Crippen LogP contribution in [0.4, 0.5) is 0 Å². The fourth-order valence-electron chi connectivity index (χ4n) is 2.21. The van der Waals surface area contributed by atoms with E-state index in [-0.39, 0.29) is 6.23 Å². The number of benzene rings is 1. The monoisotopic (exact) mass is 406 g/mol. The van der Waals surface area contributed by atoms with Gasteiger partial charge in [0.2, 0.25) is 0 Å². The van der Waals surface area contributed by atoms with E-state index in [0.717, 1.165) is 26.7 Å². The first-order valence-corrected chi connectivity index (χ1v) is 7.58. The van der Waals surface area contributed by atoms with Crippen LogP contribution in [0.5, 0.6) is 0 Å². The van der Waals surface area contributed by atoms with Crippen LogP contribution in [0.25, 0.3) is 10.9 Å². The zero-order chi connectivity index (χ0) is 11.8. The van der Waals surface area contributed by atoms with Gasteiger partial charge in [-0.25, -0.2) is 4.68 Å². The Morgan fingerprint density at radius 3 is 3.06 bits per heavy atom. The van der Waals surface area contributed by atoms with Gasteiger partial charge >= 0.3 is 0 Å². The van der Waals surface area contributed by atoms with Crippen LogP contribution < -0.4 is 0 Å². The number of fused-ring (bicyclic) bond motifs is 1. The highest BCUT2D eigenvalue weighted by Crippen LogP contribution is 2.30. The van der Waals surface area contributed by atoms with Crippen LogP contribution in [0.2, 0.25) is 0 Å². The van der Waals surface area contributed by atoms with Crippen molar-refractivity contribution in [1.82, 2.24) is 9.78 Å². The average molecular weight is 407 g/mol. The summed E-state index contributed by atoms with van der Waals surface area (Å²) in [7, 11) is 0. The third-order valence-electron chi connectivity index (χ3n) is 3.05. The SMILES string of the molecule is Brc1ccc2c(c1)c(I)nn2C1CCCCO1. The number of nitrogens with zero attached hydrogens (tertiary/aromatic N) is 2. The lowest BCUT2D eigenvalue weighted by Crippen LogP contribution is -2.19. The molecule has 0 spiro atoms. The van der Waals surface area contributed by atoms with E-state index >= 15 is 0 Å². The van der Waals surface area contributed by atoms with Gasteiger partial charge in [0.15, 0.2) is 6.23 Å². The van der Waals surface area contributed by atoms with Crippen molar-refractivity contribution in [3.8, 4) is 0 Å². The Morgan fingerprint density at radius 2 is 2.29 bits per heavy atom. The number of ether oxygens (including phenoxy) is 1. The van der Waals surface area contributed by atoms with E-state index in [1.807, 2.05) is 4.68 Å². The molecule has 1 aliphatic rings. The Hall–Kier alpha value is -0.140. The quantitative estimate of drug-likeness (QED) is 0.666.